The van der Waals surface area contributed by atoms with Crippen LogP contribution in [0.5, 0.6) is 0 Å². The number of aliphatic hydroxyl groups is 1. The largest absolute Gasteiger partial charge is 0.389 e. The number of ether oxygens (including phenoxy) is 1. The second kappa shape index (κ2) is 7.61. The van der Waals surface area contributed by atoms with E-state index in [0.717, 1.165) is 5.69 Å². The summed E-state index contributed by atoms with van der Waals surface area (Å²) >= 11 is 1.42. The first-order valence-corrected chi connectivity index (χ1v) is 7.53. The molecule has 0 aliphatic rings. The number of aromatic nitrogens is 1. The molecule has 114 valence electrons. The Balaban J connectivity index is 1.99. The zero-order valence-electron chi connectivity index (χ0n) is 12.1. The summed E-state index contributed by atoms with van der Waals surface area (Å²) in [6, 6.07) is 6.62. The van der Waals surface area contributed by atoms with Crippen LogP contribution in [0.4, 0.5) is 4.39 Å². The molecule has 0 radical (unpaired) electrons. The minimum Gasteiger partial charge on any atom is -0.389 e. The van der Waals surface area contributed by atoms with Crippen molar-refractivity contribution in [2.45, 2.75) is 12.6 Å². The van der Waals surface area contributed by atoms with Crippen molar-refractivity contribution in [2.24, 2.45) is 0 Å². The summed E-state index contributed by atoms with van der Waals surface area (Å²) in [6.45, 7) is 1.41. The maximum Gasteiger partial charge on any atom is 0.133 e. The summed E-state index contributed by atoms with van der Waals surface area (Å²) in [5, 5.41) is 12.3. The fraction of sp³-hybridized carbons (Fsp3) is 0.400. The highest BCUT2D eigenvalue weighted by Gasteiger charge is 2.12. The predicted octanol–water partition coefficient (Wildman–Crippen LogP) is 2.39. The van der Waals surface area contributed by atoms with Gasteiger partial charge in [0.2, 0.25) is 0 Å². The molecule has 0 saturated carbocycles. The maximum absolute atomic E-state index is 13.7. The number of thiazole rings is 1. The molecule has 0 aliphatic carbocycles. The molecular weight excluding hydrogens is 291 g/mol. The smallest absolute Gasteiger partial charge is 0.133 e. The van der Waals surface area contributed by atoms with Gasteiger partial charge in [-0.2, -0.15) is 0 Å². The standard InChI is InChI=1S/C15H19FN2O2S/c1-18(8-12(19)9-20-2)7-11-10-21-15(17-11)13-5-3-4-6-14(13)16/h3-6,10,12,19H,7-9H2,1-2H3. The second-order valence-corrected chi connectivity index (χ2v) is 5.79. The lowest BCUT2D eigenvalue weighted by Gasteiger charge is -2.18. The van der Waals surface area contributed by atoms with Crippen molar-refractivity contribution >= 4 is 11.3 Å². The lowest BCUT2D eigenvalue weighted by Crippen LogP contribution is -2.31. The molecule has 2 aromatic rings. The molecule has 1 unspecified atom stereocenters. The lowest BCUT2D eigenvalue weighted by atomic mass is 10.2. The number of halogens is 1. The molecule has 21 heavy (non-hydrogen) atoms. The van der Waals surface area contributed by atoms with Crippen molar-refractivity contribution in [2.75, 3.05) is 27.3 Å². The molecule has 0 saturated heterocycles. The summed E-state index contributed by atoms with van der Waals surface area (Å²) in [6.07, 6.45) is -0.523. The number of benzene rings is 1. The van der Waals surface area contributed by atoms with Crippen LogP contribution in [-0.4, -0.2) is 48.4 Å². The summed E-state index contributed by atoms with van der Waals surface area (Å²) in [4.78, 5) is 6.42. The SMILES string of the molecule is COCC(O)CN(C)Cc1csc(-c2ccccc2F)n1. The van der Waals surface area contributed by atoms with E-state index in [1.54, 1.807) is 25.3 Å². The normalized spacial score (nSPS) is 12.8. The Morgan fingerprint density at radius 2 is 2.19 bits per heavy atom. The second-order valence-electron chi connectivity index (χ2n) is 4.93. The summed E-state index contributed by atoms with van der Waals surface area (Å²) in [7, 11) is 3.46. The highest BCUT2D eigenvalue weighted by molar-refractivity contribution is 7.13. The average Bonchev–Trinajstić information content (AvgIpc) is 2.87. The van der Waals surface area contributed by atoms with Gasteiger partial charge in [-0.1, -0.05) is 12.1 Å². The van der Waals surface area contributed by atoms with Crippen LogP contribution in [0.2, 0.25) is 0 Å². The van der Waals surface area contributed by atoms with Gasteiger partial charge in [0.05, 0.1) is 18.4 Å². The Morgan fingerprint density at radius 1 is 1.43 bits per heavy atom. The molecule has 4 nitrogen and oxygen atoms in total. The van der Waals surface area contributed by atoms with Gasteiger partial charge in [-0.3, -0.25) is 4.90 Å². The molecule has 1 N–H and O–H groups in total. The van der Waals surface area contributed by atoms with Crippen LogP contribution >= 0.6 is 11.3 Å². The first-order valence-electron chi connectivity index (χ1n) is 6.65. The number of hydrogen-bond donors (Lipinski definition) is 1. The topological polar surface area (TPSA) is 45.6 Å². The molecule has 1 aromatic carbocycles. The minimum atomic E-state index is -0.523. The molecule has 6 heteroatoms. The van der Waals surface area contributed by atoms with E-state index in [1.807, 2.05) is 17.3 Å². The summed E-state index contributed by atoms with van der Waals surface area (Å²) in [5.41, 5.74) is 1.39. The van der Waals surface area contributed by atoms with E-state index in [0.29, 0.717) is 30.3 Å². The Kier molecular flexibility index (Phi) is 5.81. The Hall–Kier alpha value is -1.34. The lowest BCUT2D eigenvalue weighted by molar-refractivity contribution is 0.0417. The number of hydrogen-bond acceptors (Lipinski definition) is 5. The molecule has 0 spiro atoms. The number of nitrogens with zero attached hydrogens (tertiary/aromatic N) is 2. The van der Waals surface area contributed by atoms with E-state index in [9.17, 15) is 9.50 Å². The summed E-state index contributed by atoms with van der Waals surface area (Å²) in [5.74, 6) is -0.262. The third-order valence-corrected chi connectivity index (χ3v) is 3.89. The number of aliphatic hydroxyl groups excluding tert-OH is 1. The maximum atomic E-state index is 13.7. The van der Waals surface area contributed by atoms with Gasteiger partial charge >= 0.3 is 0 Å². The monoisotopic (exact) mass is 310 g/mol. The van der Waals surface area contributed by atoms with Gasteiger partial charge in [0.15, 0.2) is 0 Å². The molecule has 1 heterocycles. The first-order chi connectivity index (χ1) is 10.1. The first kappa shape index (κ1) is 16.0. The van der Waals surface area contributed by atoms with Crippen molar-refractivity contribution in [3.8, 4) is 10.6 Å². The zero-order valence-corrected chi connectivity index (χ0v) is 12.9. The van der Waals surface area contributed by atoms with Gasteiger partial charge in [0, 0.05) is 31.1 Å². The van der Waals surface area contributed by atoms with Crippen LogP contribution in [0, 0.1) is 5.82 Å². The molecule has 0 amide bonds. The van der Waals surface area contributed by atoms with Gasteiger partial charge in [0.1, 0.15) is 10.8 Å². The molecule has 0 bridgehead atoms. The molecule has 0 fully saturated rings. The van der Waals surface area contributed by atoms with Crippen molar-refractivity contribution in [1.82, 2.24) is 9.88 Å². The minimum absolute atomic E-state index is 0.262. The third kappa shape index (κ3) is 4.57. The van der Waals surface area contributed by atoms with Crippen LogP contribution in [0.15, 0.2) is 29.6 Å². The third-order valence-electron chi connectivity index (χ3n) is 2.97. The van der Waals surface area contributed by atoms with Gasteiger partial charge < -0.3 is 9.84 Å². The molecule has 1 aromatic heterocycles. The van der Waals surface area contributed by atoms with E-state index in [2.05, 4.69) is 4.98 Å². The zero-order chi connectivity index (χ0) is 15.2. The number of rotatable bonds is 7. The van der Waals surface area contributed by atoms with E-state index >= 15 is 0 Å². The Bertz CT molecular complexity index is 576. The van der Waals surface area contributed by atoms with Crippen LogP contribution in [0.1, 0.15) is 5.69 Å². The molecule has 2 rings (SSSR count). The van der Waals surface area contributed by atoms with Gasteiger partial charge in [0.25, 0.3) is 0 Å². The van der Waals surface area contributed by atoms with Crippen LogP contribution < -0.4 is 0 Å². The van der Waals surface area contributed by atoms with E-state index in [-0.39, 0.29) is 5.82 Å². The van der Waals surface area contributed by atoms with Crippen LogP contribution in [-0.2, 0) is 11.3 Å². The van der Waals surface area contributed by atoms with Gasteiger partial charge in [-0.25, -0.2) is 9.37 Å². The van der Waals surface area contributed by atoms with Crippen molar-refractivity contribution in [1.29, 1.82) is 0 Å². The highest BCUT2D eigenvalue weighted by Crippen LogP contribution is 2.26. The number of likely N-dealkylation sites (N-methyl/N-ethyl adjacent to an activating group) is 1. The van der Waals surface area contributed by atoms with Gasteiger partial charge in [-0.05, 0) is 19.2 Å². The van der Waals surface area contributed by atoms with E-state index in [4.69, 9.17) is 4.74 Å². The highest BCUT2D eigenvalue weighted by atomic mass is 32.1. The molecule has 0 aliphatic heterocycles. The fourth-order valence-electron chi connectivity index (χ4n) is 2.08. The number of methoxy groups -OCH3 is 1. The van der Waals surface area contributed by atoms with E-state index < -0.39 is 6.10 Å². The quantitative estimate of drug-likeness (QED) is 0.853. The van der Waals surface area contributed by atoms with Crippen LogP contribution in [0.3, 0.4) is 0 Å². The van der Waals surface area contributed by atoms with E-state index in [1.165, 1.54) is 17.4 Å². The molecule has 1 atom stereocenters. The molecular formula is C15H19FN2O2S. The van der Waals surface area contributed by atoms with Crippen molar-refractivity contribution in [3.05, 3.63) is 41.2 Å². The predicted molar refractivity (Wildman–Crippen MR) is 81.7 cm³/mol. The van der Waals surface area contributed by atoms with Crippen molar-refractivity contribution in [3.63, 3.8) is 0 Å². The fourth-order valence-corrected chi connectivity index (χ4v) is 2.92. The average molecular weight is 310 g/mol. The summed E-state index contributed by atoms with van der Waals surface area (Å²) < 4.78 is 18.6. The van der Waals surface area contributed by atoms with Crippen LogP contribution in [0.25, 0.3) is 10.6 Å². The Morgan fingerprint density at radius 3 is 2.90 bits per heavy atom. The van der Waals surface area contributed by atoms with Gasteiger partial charge in [-0.15, -0.1) is 11.3 Å². The van der Waals surface area contributed by atoms with Crippen molar-refractivity contribution < 1.29 is 14.2 Å². The Labute approximate surface area is 127 Å².